The quantitative estimate of drug-likeness (QED) is 0.652. The summed E-state index contributed by atoms with van der Waals surface area (Å²) >= 11 is 1.85. The van der Waals surface area contributed by atoms with Gasteiger partial charge in [-0.2, -0.15) is 11.8 Å². The lowest BCUT2D eigenvalue weighted by molar-refractivity contribution is 0.477. The number of aromatic nitrogens is 1. The van der Waals surface area contributed by atoms with Gasteiger partial charge in [0, 0.05) is 17.5 Å². The van der Waals surface area contributed by atoms with Crippen LogP contribution >= 0.6 is 11.8 Å². The molecule has 98 valence electrons. The summed E-state index contributed by atoms with van der Waals surface area (Å²) in [6.45, 7) is 2.12. The minimum absolute atomic E-state index is 0.303. The largest absolute Gasteiger partial charge is 0.430 e. The molecule has 0 amide bonds. The van der Waals surface area contributed by atoms with Crippen molar-refractivity contribution < 1.29 is 8.63 Å². The van der Waals surface area contributed by atoms with E-state index in [2.05, 4.69) is 11.9 Å². The zero-order chi connectivity index (χ0) is 13.0. The van der Waals surface area contributed by atoms with Crippen LogP contribution in [0.4, 0.5) is 5.69 Å². The molecule has 1 aromatic carbocycles. The molecule has 0 aliphatic heterocycles. The number of rotatable bonds is 6. The van der Waals surface area contributed by atoms with Crippen molar-refractivity contribution in [3.05, 3.63) is 18.2 Å². The SMILES string of the molecule is CCSCCCS(=O)c1nc2ccc(N)cc2o1. The molecule has 2 aromatic rings. The van der Waals surface area contributed by atoms with Crippen molar-refractivity contribution in [2.45, 2.75) is 18.6 Å². The van der Waals surface area contributed by atoms with E-state index in [4.69, 9.17) is 10.2 Å². The van der Waals surface area contributed by atoms with E-state index in [-0.39, 0.29) is 0 Å². The molecule has 1 atom stereocenters. The van der Waals surface area contributed by atoms with Crippen LogP contribution < -0.4 is 5.73 Å². The summed E-state index contributed by atoms with van der Waals surface area (Å²) in [4.78, 5) is 4.22. The van der Waals surface area contributed by atoms with Crippen LogP contribution in [0.15, 0.2) is 27.8 Å². The summed E-state index contributed by atoms with van der Waals surface area (Å²) in [6, 6.07) is 5.24. The lowest BCUT2D eigenvalue weighted by Gasteiger charge is -1.97. The van der Waals surface area contributed by atoms with Gasteiger partial charge in [0.05, 0.1) is 0 Å². The summed E-state index contributed by atoms with van der Waals surface area (Å²) in [6.07, 6.45) is 0.909. The number of thioether (sulfide) groups is 1. The van der Waals surface area contributed by atoms with Gasteiger partial charge in [-0.25, -0.2) is 9.19 Å². The Labute approximate surface area is 113 Å². The Kier molecular flexibility index (Phi) is 4.66. The Morgan fingerprint density at radius 2 is 2.33 bits per heavy atom. The van der Waals surface area contributed by atoms with Crippen molar-refractivity contribution in [3.8, 4) is 0 Å². The molecule has 1 heterocycles. The van der Waals surface area contributed by atoms with Crippen LogP contribution in [0.1, 0.15) is 13.3 Å². The maximum absolute atomic E-state index is 12.0. The summed E-state index contributed by atoms with van der Waals surface area (Å²) < 4.78 is 17.4. The van der Waals surface area contributed by atoms with E-state index in [1.807, 2.05) is 11.8 Å². The predicted molar refractivity (Wildman–Crippen MR) is 77.3 cm³/mol. The maximum Gasteiger partial charge on any atom is 0.287 e. The molecule has 0 saturated heterocycles. The second kappa shape index (κ2) is 6.24. The first-order valence-corrected chi connectivity index (χ1v) is 8.30. The number of nitrogen functional groups attached to an aromatic ring is 1. The highest BCUT2D eigenvalue weighted by molar-refractivity contribution is 7.99. The molecule has 0 aliphatic carbocycles. The normalized spacial score (nSPS) is 12.9. The first kappa shape index (κ1) is 13.4. The zero-order valence-corrected chi connectivity index (χ0v) is 11.9. The second-order valence-electron chi connectivity index (χ2n) is 3.81. The fourth-order valence-electron chi connectivity index (χ4n) is 1.54. The first-order chi connectivity index (χ1) is 8.70. The number of hydrogen-bond acceptors (Lipinski definition) is 5. The summed E-state index contributed by atoms with van der Waals surface area (Å²) in [5.41, 5.74) is 7.58. The van der Waals surface area contributed by atoms with Gasteiger partial charge in [0.25, 0.3) is 5.22 Å². The van der Waals surface area contributed by atoms with Crippen LogP contribution in [0.5, 0.6) is 0 Å². The molecule has 4 nitrogen and oxygen atoms in total. The van der Waals surface area contributed by atoms with Crippen LogP contribution in [0.25, 0.3) is 11.1 Å². The molecule has 0 spiro atoms. The van der Waals surface area contributed by atoms with Crippen molar-refractivity contribution >= 4 is 39.3 Å². The smallest absolute Gasteiger partial charge is 0.287 e. The first-order valence-electron chi connectivity index (χ1n) is 5.83. The van der Waals surface area contributed by atoms with E-state index in [0.717, 1.165) is 17.9 Å². The topological polar surface area (TPSA) is 69.1 Å². The molecule has 0 radical (unpaired) electrons. The van der Waals surface area contributed by atoms with E-state index in [9.17, 15) is 4.21 Å². The Morgan fingerprint density at radius 3 is 3.11 bits per heavy atom. The summed E-state index contributed by atoms with van der Waals surface area (Å²) in [7, 11) is -1.16. The third-order valence-corrected chi connectivity index (χ3v) is 4.62. The lowest BCUT2D eigenvalue weighted by atomic mass is 10.3. The molecule has 0 bridgehead atoms. The standard InChI is InChI=1S/C12H16N2O2S2/c1-2-17-6-3-7-18(15)12-14-10-5-4-9(13)8-11(10)16-12/h4-5,8H,2-3,6-7,13H2,1H3. The van der Waals surface area contributed by atoms with E-state index in [0.29, 0.717) is 27.8 Å². The maximum atomic E-state index is 12.0. The molecule has 2 N–H and O–H groups in total. The number of anilines is 1. The third kappa shape index (κ3) is 3.26. The minimum atomic E-state index is -1.16. The van der Waals surface area contributed by atoms with Crippen LogP contribution in [0, 0.1) is 0 Å². The van der Waals surface area contributed by atoms with Crippen molar-refractivity contribution in [1.29, 1.82) is 0 Å². The molecule has 1 unspecified atom stereocenters. The van der Waals surface area contributed by atoms with E-state index in [1.54, 1.807) is 18.2 Å². The molecule has 2 rings (SSSR count). The average Bonchev–Trinajstić information content (AvgIpc) is 2.77. The molecule has 0 saturated carbocycles. The Morgan fingerprint density at radius 1 is 1.50 bits per heavy atom. The number of oxazole rings is 1. The van der Waals surface area contributed by atoms with Gasteiger partial charge < -0.3 is 10.2 Å². The van der Waals surface area contributed by atoms with Gasteiger partial charge >= 0.3 is 0 Å². The highest BCUT2D eigenvalue weighted by atomic mass is 32.2. The Bertz CT molecular complexity index is 554. The highest BCUT2D eigenvalue weighted by Crippen LogP contribution is 2.20. The van der Waals surface area contributed by atoms with Gasteiger partial charge in [0.1, 0.15) is 16.3 Å². The zero-order valence-electron chi connectivity index (χ0n) is 10.2. The van der Waals surface area contributed by atoms with Crippen molar-refractivity contribution in [3.63, 3.8) is 0 Å². The lowest BCUT2D eigenvalue weighted by Crippen LogP contribution is -1.99. The minimum Gasteiger partial charge on any atom is -0.430 e. The van der Waals surface area contributed by atoms with Crippen LogP contribution in [0.3, 0.4) is 0 Å². The Hall–Kier alpha value is -1.01. The number of nitrogens with two attached hydrogens (primary N) is 1. The predicted octanol–water partition coefficient (Wildman–Crippen LogP) is 2.66. The molecule has 6 heteroatoms. The van der Waals surface area contributed by atoms with Gasteiger partial charge in [-0.1, -0.05) is 6.92 Å². The molecular formula is C12H16N2O2S2. The van der Waals surface area contributed by atoms with Gasteiger partial charge in [-0.05, 0) is 30.1 Å². The molecule has 0 aliphatic rings. The molecule has 1 aromatic heterocycles. The number of hydrogen-bond donors (Lipinski definition) is 1. The number of fused-ring (bicyclic) bond motifs is 1. The number of nitrogens with zero attached hydrogens (tertiary/aromatic N) is 1. The van der Waals surface area contributed by atoms with Gasteiger partial charge in [0.15, 0.2) is 5.58 Å². The fraction of sp³-hybridized carbons (Fsp3) is 0.417. The number of benzene rings is 1. The molecule has 18 heavy (non-hydrogen) atoms. The highest BCUT2D eigenvalue weighted by Gasteiger charge is 2.12. The van der Waals surface area contributed by atoms with Gasteiger partial charge in [-0.3, -0.25) is 0 Å². The monoisotopic (exact) mass is 284 g/mol. The van der Waals surface area contributed by atoms with Crippen LogP contribution in [0.2, 0.25) is 0 Å². The van der Waals surface area contributed by atoms with E-state index < -0.39 is 10.8 Å². The van der Waals surface area contributed by atoms with Crippen LogP contribution in [-0.2, 0) is 10.8 Å². The van der Waals surface area contributed by atoms with Crippen LogP contribution in [-0.4, -0.2) is 26.5 Å². The average molecular weight is 284 g/mol. The molecular weight excluding hydrogens is 268 g/mol. The third-order valence-electron chi connectivity index (χ3n) is 2.41. The fourth-order valence-corrected chi connectivity index (χ4v) is 3.33. The van der Waals surface area contributed by atoms with Crippen molar-refractivity contribution in [2.24, 2.45) is 0 Å². The van der Waals surface area contributed by atoms with Gasteiger partial charge in [0.2, 0.25) is 0 Å². The van der Waals surface area contributed by atoms with E-state index in [1.165, 1.54) is 0 Å². The van der Waals surface area contributed by atoms with Crippen molar-refractivity contribution in [1.82, 2.24) is 4.98 Å². The molecule has 0 fully saturated rings. The van der Waals surface area contributed by atoms with Gasteiger partial charge in [-0.15, -0.1) is 0 Å². The second-order valence-corrected chi connectivity index (χ2v) is 6.65. The van der Waals surface area contributed by atoms with E-state index >= 15 is 0 Å². The van der Waals surface area contributed by atoms with Crippen molar-refractivity contribution in [2.75, 3.05) is 23.0 Å². The summed E-state index contributed by atoms with van der Waals surface area (Å²) in [5, 5.41) is 0.303. The summed E-state index contributed by atoms with van der Waals surface area (Å²) in [5.74, 6) is 2.71. The Balaban J connectivity index is 2.04.